The van der Waals surface area contributed by atoms with Crippen LogP contribution in [0.3, 0.4) is 0 Å². The highest BCUT2D eigenvalue weighted by Gasteiger charge is 2.33. The SMILES string of the molecule is CN1C(=O)C(NC(=O)c2noc3c2COCC3)N=C(c2ccccc2F)c2ccccc21. The van der Waals surface area contributed by atoms with Gasteiger partial charge in [0.05, 0.1) is 30.2 Å². The summed E-state index contributed by atoms with van der Waals surface area (Å²) in [4.78, 5) is 32.1. The Kier molecular flexibility index (Phi) is 5.02. The summed E-state index contributed by atoms with van der Waals surface area (Å²) in [5, 5.41) is 6.49. The smallest absolute Gasteiger partial charge is 0.275 e. The molecule has 0 bridgehead atoms. The number of benzene rings is 2. The number of anilines is 1. The van der Waals surface area contributed by atoms with E-state index in [1.165, 1.54) is 11.0 Å². The summed E-state index contributed by atoms with van der Waals surface area (Å²) < 4.78 is 25.3. The van der Waals surface area contributed by atoms with E-state index >= 15 is 0 Å². The third kappa shape index (κ3) is 3.36. The van der Waals surface area contributed by atoms with E-state index in [0.29, 0.717) is 35.6 Å². The fourth-order valence-electron chi connectivity index (χ4n) is 3.88. The van der Waals surface area contributed by atoms with Crippen LogP contribution in [-0.2, 0) is 22.6 Å². The molecule has 0 fully saturated rings. The van der Waals surface area contributed by atoms with Gasteiger partial charge in [-0.25, -0.2) is 9.38 Å². The highest BCUT2D eigenvalue weighted by molar-refractivity contribution is 6.20. The minimum atomic E-state index is -1.29. The molecule has 0 saturated carbocycles. The van der Waals surface area contributed by atoms with E-state index in [1.807, 2.05) is 0 Å². The first-order valence-electron chi connectivity index (χ1n) is 10.1. The molecule has 3 aromatic rings. The molecule has 2 amide bonds. The fourth-order valence-corrected chi connectivity index (χ4v) is 3.88. The first-order chi connectivity index (χ1) is 15.5. The number of amides is 2. The molecular formula is C23H19FN4O4. The van der Waals surface area contributed by atoms with Crippen molar-refractivity contribution in [2.24, 2.45) is 4.99 Å². The molecule has 8 nitrogen and oxygen atoms in total. The summed E-state index contributed by atoms with van der Waals surface area (Å²) in [6, 6.07) is 13.3. The van der Waals surface area contributed by atoms with E-state index in [2.05, 4.69) is 15.5 Å². The Morgan fingerprint density at radius 2 is 1.91 bits per heavy atom. The van der Waals surface area contributed by atoms with Gasteiger partial charge >= 0.3 is 0 Å². The van der Waals surface area contributed by atoms with Crippen LogP contribution < -0.4 is 10.2 Å². The largest absolute Gasteiger partial charge is 0.376 e. The lowest BCUT2D eigenvalue weighted by molar-refractivity contribution is -0.119. The van der Waals surface area contributed by atoms with Crippen molar-refractivity contribution in [1.82, 2.24) is 10.5 Å². The van der Waals surface area contributed by atoms with Crippen LogP contribution in [0, 0.1) is 5.82 Å². The predicted octanol–water partition coefficient (Wildman–Crippen LogP) is 2.46. The van der Waals surface area contributed by atoms with Gasteiger partial charge in [-0.2, -0.15) is 0 Å². The van der Waals surface area contributed by atoms with Gasteiger partial charge < -0.3 is 19.5 Å². The lowest BCUT2D eigenvalue weighted by Gasteiger charge is -2.20. The van der Waals surface area contributed by atoms with Crippen LogP contribution in [0.15, 0.2) is 58.0 Å². The van der Waals surface area contributed by atoms with Crippen molar-refractivity contribution in [2.45, 2.75) is 19.2 Å². The first-order valence-corrected chi connectivity index (χ1v) is 10.1. The highest BCUT2D eigenvalue weighted by atomic mass is 19.1. The number of carbonyl (C=O) groups excluding carboxylic acids is 2. The predicted molar refractivity (Wildman–Crippen MR) is 113 cm³/mol. The minimum absolute atomic E-state index is 0.0551. The zero-order chi connectivity index (χ0) is 22.2. The molecular weight excluding hydrogens is 415 g/mol. The van der Waals surface area contributed by atoms with Gasteiger partial charge in [0.2, 0.25) is 6.17 Å². The van der Waals surface area contributed by atoms with Gasteiger partial charge in [-0.3, -0.25) is 9.59 Å². The van der Waals surface area contributed by atoms with Crippen LogP contribution in [-0.4, -0.2) is 42.5 Å². The quantitative estimate of drug-likeness (QED) is 0.683. The summed E-state index contributed by atoms with van der Waals surface area (Å²) in [7, 11) is 1.59. The zero-order valence-electron chi connectivity index (χ0n) is 17.2. The van der Waals surface area contributed by atoms with Gasteiger partial charge in [0.1, 0.15) is 11.6 Å². The number of fused-ring (bicyclic) bond motifs is 2. The lowest BCUT2D eigenvalue weighted by Crippen LogP contribution is -2.46. The number of ether oxygens (including phenoxy) is 1. The lowest BCUT2D eigenvalue weighted by atomic mass is 10.00. The number of hydrogen-bond donors (Lipinski definition) is 1. The van der Waals surface area contributed by atoms with Gasteiger partial charge in [0.15, 0.2) is 5.69 Å². The topological polar surface area (TPSA) is 97.0 Å². The maximum absolute atomic E-state index is 14.7. The van der Waals surface area contributed by atoms with Crippen LogP contribution in [0.25, 0.3) is 0 Å². The number of likely N-dealkylation sites (N-methyl/N-ethyl adjacent to an activating group) is 1. The molecule has 0 radical (unpaired) electrons. The molecule has 5 rings (SSSR count). The van der Waals surface area contributed by atoms with Crippen molar-refractivity contribution >= 4 is 23.2 Å². The second kappa shape index (κ2) is 8.01. The average molecular weight is 434 g/mol. The second-order valence-corrected chi connectivity index (χ2v) is 7.48. The van der Waals surface area contributed by atoms with Crippen LogP contribution in [0.4, 0.5) is 10.1 Å². The summed E-state index contributed by atoms with van der Waals surface area (Å²) in [6.07, 6.45) is -0.766. The van der Waals surface area contributed by atoms with Crippen molar-refractivity contribution in [1.29, 1.82) is 0 Å². The molecule has 32 heavy (non-hydrogen) atoms. The van der Waals surface area contributed by atoms with Crippen LogP contribution in [0.5, 0.6) is 0 Å². The molecule has 1 atom stereocenters. The molecule has 9 heteroatoms. The van der Waals surface area contributed by atoms with E-state index in [0.717, 1.165) is 0 Å². The van der Waals surface area contributed by atoms with Crippen LogP contribution in [0.1, 0.15) is 32.9 Å². The Morgan fingerprint density at radius 3 is 2.72 bits per heavy atom. The van der Waals surface area contributed by atoms with E-state index < -0.39 is 23.8 Å². The molecule has 3 heterocycles. The summed E-state index contributed by atoms with van der Waals surface area (Å²) in [5.41, 5.74) is 2.26. The highest BCUT2D eigenvalue weighted by Crippen LogP contribution is 2.28. The molecule has 1 unspecified atom stereocenters. The van der Waals surface area contributed by atoms with Gasteiger partial charge in [-0.1, -0.05) is 35.5 Å². The number of benzodiazepines with no additional fused rings is 1. The minimum Gasteiger partial charge on any atom is -0.376 e. The number of aliphatic imine (C=N–C) groups is 1. The van der Waals surface area contributed by atoms with Gasteiger partial charge in [0.25, 0.3) is 11.8 Å². The molecule has 1 N–H and O–H groups in total. The normalized spacial score (nSPS) is 17.8. The van der Waals surface area contributed by atoms with Gasteiger partial charge in [0, 0.05) is 24.6 Å². The summed E-state index contributed by atoms with van der Waals surface area (Å²) in [5.74, 6) is -0.972. The van der Waals surface area contributed by atoms with Crippen molar-refractivity contribution in [3.8, 4) is 0 Å². The second-order valence-electron chi connectivity index (χ2n) is 7.48. The number of nitrogens with one attached hydrogen (secondary N) is 1. The Balaban J connectivity index is 1.57. The number of nitrogens with zero attached hydrogens (tertiary/aromatic N) is 3. The van der Waals surface area contributed by atoms with Gasteiger partial charge in [-0.05, 0) is 18.2 Å². The van der Waals surface area contributed by atoms with Crippen LogP contribution >= 0.6 is 0 Å². The monoisotopic (exact) mass is 434 g/mol. The van der Waals surface area contributed by atoms with Crippen LogP contribution in [0.2, 0.25) is 0 Å². The standard InChI is InChI=1S/C23H19FN4O4/c1-28-17-9-5-3-7-14(17)19(13-6-2-4-8-16(13)24)25-21(23(28)30)26-22(29)20-15-12-31-11-10-18(15)32-27-20/h2-9,21H,10-12H2,1H3,(H,26,29). The van der Waals surface area contributed by atoms with Crippen molar-refractivity contribution < 1.29 is 23.2 Å². The number of para-hydroxylation sites is 1. The Morgan fingerprint density at radius 1 is 1.16 bits per heavy atom. The molecule has 0 saturated heterocycles. The first kappa shape index (κ1) is 20.1. The Labute approximate surface area is 182 Å². The van der Waals surface area contributed by atoms with Crippen molar-refractivity contribution in [3.05, 3.63) is 82.5 Å². The van der Waals surface area contributed by atoms with Crippen molar-refractivity contribution in [3.63, 3.8) is 0 Å². The molecule has 162 valence electrons. The fraction of sp³-hybridized carbons (Fsp3) is 0.217. The summed E-state index contributed by atoms with van der Waals surface area (Å²) >= 11 is 0. The third-order valence-electron chi connectivity index (χ3n) is 5.54. The van der Waals surface area contributed by atoms with E-state index in [1.54, 1.807) is 49.5 Å². The summed E-state index contributed by atoms with van der Waals surface area (Å²) in [6.45, 7) is 0.693. The number of hydrogen-bond acceptors (Lipinski definition) is 6. The van der Waals surface area contributed by atoms with Gasteiger partial charge in [-0.15, -0.1) is 0 Å². The Hall–Kier alpha value is -3.85. The van der Waals surface area contributed by atoms with E-state index in [-0.39, 0.29) is 23.6 Å². The third-order valence-corrected chi connectivity index (χ3v) is 5.54. The van der Waals surface area contributed by atoms with E-state index in [4.69, 9.17) is 9.26 Å². The molecule has 0 spiro atoms. The Bertz CT molecular complexity index is 1250. The maximum atomic E-state index is 14.7. The number of halogens is 1. The molecule has 2 aliphatic rings. The molecule has 2 aromatic carbocycles. The molecule has 2 aliphatic heterocycles. The average Bonchev–Trinajstić information content (AvgIpc) is 3.22. The zero-order valence-corrected chi connectivity index (χ0v) is 17.2. The molecule has 0 aliphatic carbocycles. The number of carbonyl (C=O) groups is 2. The number of aromatic nitrogens is 1. The number of rotatable bonds is 3. The van der Waals surface area contributed by atoms with Crippen molar-refractivity contribution in [2.75, 3.05) is 18.6 Å². The maximum Gasteiger partial charge on any atom is 0.275 e. The van der Waals surface area contributed by atoms with E-state index in [9.17, 15) is 14.0 Å². The molecule has 1 aromatic heterocycles.